The fourth-order valence-electron chi connectivity index (χ4n) is 3.16. The summed E-state index contributed by atoms with van der Waals surface area (Å²) in [6.07, 6.45) is 1.69. The molecule has 6 heteroatoms. The van der Waals surface area contributed by atoms with Crippen molar-refractivity contribution in [3.8, 4) is 17.2 Å². The molecule has 0 N–H and O–H groups in total. The van der Waals surface area contributed by atoms with Gasteiger partial charge in [0.1, 0.15) is 23.9 Å². The lowest BCUT2D eigenvalue weighted by atomic mass is 10.1. The van der Waals surface area contributed by atoms with E-state index in [-0.39, 0.29) is 17.5 Å². The maximum atomic E-state index is 12.7. The summed E-state index contributed by atoms with van der Waals surface area (Å²) in [6.45, 7) is 0.306. The molecule has 0 aliphatic carbocycles. The van der Waals surface area contributed by atoms with Gasteiger partial charge in [0.2, 0.25) is 5.78 Å². The molecular formula is C25H20O6. The van der Waals surface area contributed by atoms with Crippen LogP contribution in [0.4, 0.5) is 0 Å². The van der Waals surface area contributed by atoms with E-state index in [2.05, 4.69) is 0 Å². The number of ketones is 1. The van der Waals surface area contributed by atoms with Crippen molar-refractivity contribution in [2.24, 2.45) is 0 Å². The molecule has 0 saturated carbocycles. The summed E-state index contributed by atoms with van der Waals surface area (Å²) in [6, 6.07) is 19.5. The Morgan fingerprint density at radius 2 is 1.77 bits per heavy atom. The number of hydrogen-bond acceptors (Lipinski definition) is 6. The number of rotatable bonds is 6. The summed E-state index contributed by atoms with van der Waals surface area (Å²) in [7, 11) is 2.94. The number of Topliss-reactive ketones (excluding diaryl/α,β-unsaturated/α-hetero) is 1. The molecule has 0 spiro atoms. The van der Waals surface area contributed by atoms with Crippen LogP contribution in [0.3, 0.4) is 0 Å². The first kappa shape index (κ1) is 20.2. The van der Waals surface area contributed by atoms with Crippen LogP contribution >= 0.6 is 0 Å². The van der Waals surface area contributed by atoms with E-state index in [1.54, 1.807) is 55.7 Å². The molecule has 1 aliphatic rings. The highest BCUT2D eigenvalue weighted by molar-refractivity contribution is 6.14. The fourth-order valence-corrected chi connectivity index (χ4v) is 3.16. The first-order valence-corrected chi connectivity index (χ1v) is 9.60. The quantitative estimate of drug-likeness (QED) is 0.429. The average Bonchev–Trinajstić information content (AvgIpc) is 3.12. The molecule has 1 aliphatic heterocycles. The topological polar surface area (TPSA) is 71.1 Å². The molecule has 4 rings (SSSR count). The van der Waals surface area contributed by atoms with Gasteiger partial charge >= 0.3 is 5.97 Å². The first-order valence-electron chi connectivity index (χ1n) is 9.60. The third-order valence-electron chi connectivity index (χ3n) is 4.81. The molecule has 3 aromatic rings. The van der Waals surface area contributed by atoms with E-state index in [9.17, 15) is 9.59 Å². The van der Waals surface area contributed by atoms with Gasteiger partial charge in [0, 0.05) is 6.07 Å². The van der Waals surface area contributed by atoms with Gasteiger partial charge in [-0.15, -0.1) is 0 Å². The minimum atomic E-state index is -0.384. The molecule has 0 saturated heterocycles. The summed E-state index contributed by atoms with van der Waals surface area (Å²) >= 11 is 0. The molecule has 0 bridgehead atoms. The number of esters is 1. The Hall–Kier alpha value is -4.06. The highest BCUT2D eigenvalue weighted by atomic mass is 16.5. The van der Waals surface area contributed by atoms with Crippen molar-refractivity contribution in [2.45, 2.75) is 6.61 Å². The van der Waals surface area contributed by atoms with Crippen molar-refractivity contribution in [3.63, 3.8) is 0 Å². The van der Waals surface area contributed by atoms with Gasteiger partial charge < -0.3 is 18.9 Å². The molecule has 0 amide bonds. The zero-order valence-corrected chi connectivity index (χ0v) is 17.1. The van der Waals surface area contributed by atoms with E-state index in [4.69, 9.17) is 18.9 Å². The summed E-state index contributed by atoms with van der Waals surface area (Å²) in [5.41, 5.74) is 2.67. The number of allylic oxidation sites excluding steroid dienone is 1. The largest absolute Gasteiger partial charge is 0.497 e. The van der Waals surface area contributed by atoms with Crippen LogP contribution in [0.1, 0.15) is 31.8 Å². The predicted molar refractivity (Wildman–Crippen MR) is 114 cm³/mol. The van der Waals surface area contributed by atoms with Crippen LogP contribution < -0.4 is 14.2 Å². The average molecular weight is 416 g/mol. The highest BCUT2D eigenvalue weighted by Crippen LogP contribution is 2.35. The number of hydrogen-bond donors (Lipinski definition) is 0. The maximum absolute atomic E-state index is 12.7. The van der Waals surface area contributed by atoms with E-state index in [1.165, 1.54) is 7.11 Å². The van der Waals surface area contributed by atoms with E-state index in [0.717, 1.165) is 11.1 Å². The van der Waals surface area contributed by atoms with Gasteiger partial charge in [-0.1, -0.05) is 24.3 Å². The first-order chi connectivity index (χ1) is 15.1. The van der Waals surface area contributed by atoms with E-state index in [1.807, 2.05) is 24.3 Å². The van der Waals surface area contributed by atoms with Crippen molar-refractivity contribution in [1.82, 2.24) is 0 Å². The lowest BCUT2D eigenvalue weighted by Crippen LogP contribution is -2.02. The molecule has 3 aromatic carbocycles. The Labute approximate surface area is 179 Å². The lowest BCUT2D eigenvalue weighted by Gasteiger charge is -2.08. The molecule has 6 nitrogen and oxygen atoms in total. The van der Waals surface area contributed by atoms with Crippen LogP contribution in [0.2, 0.25) is 0 Å². The molecule has 0 atom stereocenters. The van der Waals surface area contributed by atoms with Gasteiger partial charge in [-0.3, -0.25) is 4.79 Å². The monoisotopic (exact) mass is 416 g/mol. The molecule has 31 heavy (non-hydrogen) atoms. The van der Waals surface area contributed by atoms with Crippen molar-refractivity contribution in [1.29, 1.82) is 0 Å². The van der Waals surface area contributed by atoms with Crippen LogP contribution in [-0.4, -0.2) is 26.0 Å². The van der Waals surface area contributed by atoms with Gasteiger partial charge in [-0.25, -0.2) is 4.79 Å². The summed E-state index contributed by atoms with van der Waals surface area (Å²) in [5, 5.41) is 0. The molecule has 0 unspecified atom stereocenters. The number of ether oxygens (including phenoxy) is 4. The van der Waals surface area contributed by atoms with Crippen molar-refractivity contribution in [2.75, 3.05) is 14.2 Å². The molecule has 0 radical (unpaired) electrons. The van der Waals surface area contributed by atoms with Gasteiger partial charge in [0.25, 0.3) is 0 Å². The van der Waals surface area contributed by atoms with E-state index in [0.29, 0.717) is 35.0 Å². The molecule has 1 heterocycles. The normalized spacial score (nSPS) is 13.5. The Morgan fingerprint density at radius 1 is 0.968 bits per heavy atom. The van der Waals surface area contributed by atoms with E-state index < -0.39 is 0 Å². The number of benzene rings is 3. The molecule has 0 aromatic heterocycles. The smallest absolute Gasteiger partial charge is 0.337 e. The minimum absolute atomic E-state index is 0.178. The second-order valence-electron chi connectivity index (χ2n) is 6.85. The molecule has 0 fully saturated rings. The van der Waals surface area contributed by atoms with Crippen molar-refractivity contribution in [3.05, 3.63) is 94.7 Å². The predicted octanol–water partition coefficient (Wildman–Crippen LogP) is 4.68. The van der Waals surface area contributed by atoms with Crippen molar-refractivity contribution >= 4 is 17.8 Å². The summed E-state index contributed by atoms with van der Waals surface area (Å²) in [4.78, 5) is 24.2. The van der Waals surface area contributed by atoms with Crippen LogP contribution in [0.15, 0.2) is 72.5 Å². The van der Waals surface area contributed by atoms with Crippen LogP contribution in [-0.2, 0) is 11.3 Å². The minimum Gasteiger partial charge on any atom is -0.497 e. The third-order valence-corrected chi connectivity index (χ3v) is 4.81. The van der Waals surface area contributed by atoms with Gasteiger partial charge in [0.15, 0.2) is 5.76 Å². The molecular weight excluding hydrogens is 396 g/mol. The number of methoxy groups -OCH3 is 2. The van der Waals surface area contributed by atoms with Gasteiger partial charge in [-0.2, -0.15) is 0 Å². The summed E-state index contributed by atoms with van der Waals surface area (Å²) < 4.78 is 21.5. The highest BCUT2D eigenvalue weighted by Gasteiger charge is 2.27. The zero-order valence-electron chi connectivity index (χ0n) is 17.1. The van der Waals surface area contributed by atoms with Crippen molar-refractivity contribution < 1.29 is 28.5 Å². The Morgan fingerprint density at radius 3 is 2.52 bits per heavy atom. The number of fused-ring (bicyclic) bond motifs is 1. The van der Waals surface area contributed by atoms with E-state index >= 15 is 0 Å². The van der Waals surface area contributed by atoms with Gasteiger partial charge in [-0.05, 0) is 53.6 Å². The molecule has 156 valence electrons. The third kappa shape index (κ3) is 4.43. The maximum Gasteiger partial charge on any atom is 0.337 e. The SMILES string of the molecule is COC(=O)c1ccc(COc2ccc3c(c2)OC(=Cc2cccc(OC)c2)C3=O)cc1. The second kappa shape index (κ2) is 8.75. The summed E-state index contributed by atoms with van der Waals surface area (Å²) in [5.74, 6) is 1.42. The Kier molecular flexibility index (Phi) is 5.71. The zero-order chi connectivity index (χ0) is 21.8. The number of carbonyl (C=O) groups is 2. The van der Waals surface area contributed by atoms with Gasteiger partial charge in [0.05, 0.1) is 25.3 Å². The number of carbonyl (C=O) groups excluding carboxylic acids is 2. The Balaban J connectivity index is 1.45. The lowest BCUT2D eigenvalue weighted by molar-refractivity contribution is 0.0600. The Bertz CT molecular complexity index is 1160. The van der Waals surface area contributed by atoms with Crippen LogP contribution in [0.5, 0.6) is 17.2 Å². The second-order valence-corrected chi connectivity index (χ2v) is 6.85. The standard InChI is InChI=1S/C25H20O6/c1-28-19-5-3-4-17(12-19)13-23-24(26)21-11-10-20(14-22(21)31-23)30-15-16-6-8-18(9-7-16)25(27)29-2/h3-14H,15H2,1-2H3. The fraction of sp³-hybridized carbons (Fsp3) is 0.120. The van der Waals surface area contributed by atoms with Crippen LogP contribution in [0, 0.1) is 0 Å². The van der Waals surface area contributed by atoms with Crippen LogP contribution in [0.25, 0.3) is 6.08 Å².